The topological polar surface area (TPSA) is 47.9 Å². The molecule has 1 fully saturated rings. The highest BCUT2D eigenvalue weighted by Crippen LogP contribution is 2.21. The van der Waals surface area contributed by atoms with Crippen LogP contribution in [0.15, 0.2) is 59.6 Å². The first kappa shape index (κ1) is 21.7. The fourth-order valence-electron chi connectivity index (χ4n) is 3.59. The number of aliphatic imine (C=N–C) groups is 1. The monoisotopic (exact) mass is 479 g/mol. The van der Waals surface area contributed by atoms with E-state index in [1.54, 1.807) is 0 Å². The van der Waals surface area contributed by atoms with Gasteiger partial charge in [-0.15, -0.1) is 24.0 Å². The van der Waals surface area contributed by atoms with Crippen molar-refractivity contribution in [1.82, 2.24) is 10.2 Å². The molecule has 1 unspecified atom stereocenters. The minimum Gasteiger partial charge on any atom is -0.392 e. The Morgan fingerprint density at radius 1 is 1.11 bits per heavy atom. The Balaban J connectivity index is 0.00000261. The Morgan fingerprint density at radius 2 is 1.81 bits per heavy atom. The van der Waals surface area contributed by atoms with Crippen molar-refractivity contribution in [2.45, 2.75) is 32.9 Å². The van der Waals surface area contributed by atoms with Crippen molar-refractivity contribution >= 4 is 29.9 Å². The lowest BCUT2D eigenvalue weighted by Gasteiger charge is -2.22. The number of likely N-dealkylation sites (tertiary alicyclic amines) is 1. The van der Waals surface area contributed by atoms with Crippen molar-refractivity contribution < 1.29 is 5.11 Å². The molecule has 3 rings (SSSR count). The Labute approximate surface area is 179 Å². The third kappa shape index (κ3) is 6.21. The van der Waals surface area contributed by atoms with Crippen LogP contribution in [0.25, 0.3) is 0 Å². The third-order valence-corrected chi connectivity index (χ3v) is 4.98. The fourth-order valence-corrected chi connectivity index (χ4v) is 3.59. The summed E-state index contributed by atoms with van der Waals surface area (Å²) >= 11 is 0. The number of nitrogens with one attached hydrogen (secondary N) is 1. The fraction of sp³-hybridized carbons (Fsp3) is 0.409. The van der Waals surface area contributed by atoms with E-state index in [9.17, 15) is 5.11 Å². The number of aliphatic hydroxyl groups excluding tert-OH is 1. The van der Waals surface area contributed by atoms with Crippen LogP contribution in [-0.4, -0.2) is 35.6 Å². The molecule has 0 spiro atoms. The van der Waals surface area contributed by atoms with Crippen molar-refractivity contribution in [2.75, 3.05) is 19.6 Å². The number of hydrogen-bond acceptors (Lipinski definition) is 2. The van der Waals surface area contributed by atoms with Gasteiger partial charge in [0.2, 0.25) is 0 Å². The molecule has 1 heterocycles. The zero-order chi connectivity index (χ0) is 18.2. The smallest absolute Gasteiger partial charge is 0.194 e. The van der Waals surface area contributed by atoms with E-state index >= 15 is 0 Å². The minimum absolute atomic E-state index is 0. The standard InChI is InChI=1S/C22H29N3O.HI/c1-2-23-22(24-15-20-10-6-7-11-21(20)17-26)25-13-12-19(16-25)14-18-8-4-3-5-9-18;/h3-11,19,26H,2,12-17H2,1H3,(H,23,24);1H. The molecule has 4 nitrogen and oxygen atoms in total. The van der Waals surface area contributed by atoms with Crippen LogP contribution in [0.1, 0.15) is 30.0 Å². The summed E-state index contributed by atoms with van der Waals surface area (Å²) in [6.45, 7) is 5.71. The van der Waals surface area contributed by atoms with Gasteiger partial charge in [0.05, 0.1) is 13.2 Å². The van der Waals surface area contributed by atoms with E-state index in [0.717, 1.165) is 43.1 Å². The highest BCUT2D eigenvalue weighted by molar-refractivity contribution is 14.0. The van der Waals surface area contributed by atoms with Gasteiger partial charge in [0.1, 0.15) is 0 Å². The second-order valence-electron chi connectivity index (χ2n) is 6.89. The molecule has 2 aromatic carbocycles. The summed E-state index contributed by atoms with van der Waals surface area (Å²) < 4.78 is 0. The van der Waals surface area contributed by atoms with Gasteiger partial charge >= 0.3 is 0 Å². The second-order valence-corrected chi connectivity index (χ2v) is 6.89. The van der Waals surface area contributed by atoms with Crippen LogP contribution >= 0.6 is 24.0 Å². The molecule has 1 saturated heterocycles. The Morgan fingerprint density at radius 3 is 2.52 bits per heavy atom. The highest BCUT2D eigenvalue weighted by Gasteiger charge is 2.24. The van der Waals surface area contributed by atoms with E-state index < -0.39 is 0 Å². The predicted molar refractivity (Wildman–Crippen MR) is 122 cm³/mol. The maximum absolute atomic E-state index is 9.50. The lowest BCUT2D eigenvalue weighted by atomic mass is 9.99. The summed E-state index contributed by atoms with van der Waals surface area (Å²) in [5, 5.41) is 12.9. The molecule has 27 heavy (non-hydrogen) atoms. The Bertz CT molecular complexity index is 721. The average molecular weight is 479 g/mol. The van der Waals surface area contributed by atoms with Crippen LogP contribution in [0.4, 0.5) is 0 Å². The summed E-state index contributed by atoms with van der Waals surface area (Å²) in [5.41, 5.74) is 3.46. The molecular formula is C22H30IN3O. The average Bonchev–Trinajstić information content (AvgIpc) is 3.14. The summed E-state index contributed by atoms with van der Waals surface area (Å²) in [7, 11) is 0. The van der Waals surface area contributed by atoms with Gasteiger partial charge < -0.3 is 15.3 Å². The van der Waals surface area contributed by atoms with E-state index in [4.69, 9.17) is 4.99 Å². The molecule has 2 N–H and O–H groups in total. The van der Waals surface area contributed by atoms with Gasteiger partial charge in [-0.3, -0.25) is 0 Å². The van der Waals surface area contributed by atoms with Gasteiger partial charge in [-0.05, 0) is 42.4 Å². The van der Waals surface area contributed by atoms with Gasteiger partial charge in [-0.25, -0.2) is 4.99 Å². The van der Waals surface area contributed by atoms with Crippen LogP contribution in [0, 0.1) is 5.92 Å². The van der Waals surface area contributed by atoms with Crippen LogP contribution in [-0.2, 0) is 19.6 Å². The van der Waals surface area contributed by atoms with E-state index in [0.29, 0.717) is 12.5 Å². The zero-order valence-corrected chi connectivity index (χ0v) is 18.3. The maximum atomic E-state index is 9.50. The van der Waals surface area contributed by atoms with Crippen molar-refractivity contribution in [3.05, 3.63) is 71.3 Å². The first-order valence-corrected chi connectivity index (χ1v) is 9.55. The van der Waals surface area contributed by atoms with Crippen LogP contribution in [0.3, 0.4) is 0 Å². The Kier molecular flexibility index (Phi) is 9.07. The number of guanidine groups is 1. The SMILES string of the molecule is CCNC(=NCc1ccccc1CO)N1CCC(Cc2ccccc2)C1.I. The maximum Gasteiger partial charge on any atom is 0.194 e. The quantitative estimate of drug-likeness (QED) is 0.376. The van der Waals surface area contributed by atoms with Gasteiger partial charge in [0.15, 0.2) is 5.96 Å². The molecule has 0 aliphatic carbocycles. The van der Waals surface area contributed by atoms with E-state index in [1.165, 1.54) is 12.0 Å². The van der Waals surface area contributed by atoms with E-state index in [2.05, 4.69) is 47.5 Å². The number of rotatable bonds is 6. The molecule has 5 heteroatoms. The molecule has 0 radical (unpaired) electrons. The summed E-state index contributed by atoms with van der Waals surface area (Å²) in [4.78, 5) is 7.21. The normalized spacial score (nSPS) is 16.9. The lowest BCUT2D eigenvalue weighted by Crippen LogP contribution is -2.40. The first-order chi connectivity index (χ1) is 12.8. The van der Waals surface area contributed by atoms with Gasteiger partial charge in [0, 0.05) is 19.6 Å². The number of halogens is 1. The van der Waals surface area contributed by atoms with Gasteiger partial charge in [0.25, 0.3) is 0 Å². The summed E-state index contributed by atoms with van der Waals surface area (Å²) in [6.07, 6.45) is 2.33. The minimum atomic E-state index is 0. The predicted octanol–water partition coefficient (Wildman–Crippen LogP) is 3.83. The summed E-state index contributed by atoms with van der Waals surface area (Å²) in [6, 6.07) is 18.7. The molecule has 146 valence electrons. The molecule has 1 aliphatic heterocycles. The number of nitrogens with zero attached hydrogens (tertiary/aromatic N) is 2. The lowest BCUT2D eigenvalue weighted by molar-refractivity contribution is 0.280. The number of benzene rings is 2. The van der Waals surface area contributed by atoms with Gasteiger partial charge in [-0.1, -0.05) is 54.6 Å². The van der Waals surface area contributed by atoms with Crippen LogP contribution in [0.5, 0.6) is 0 Å². The molecule has 0 saturated carbocycles. The van der Waals surface area contributed by atoms with Crippen LogP contribution in [0.2, 0.25) is 0 Å². The Hall–Kier alpha value is -1.60. The zero-order valence-electron chi connectivity index (χ0n) is 16.0. The number of aliphatic hydroxyl groups is 1. The highest BCUT2D eigenvalue weighted by atomic mass is 127. The number of hydrogen-bond donors (Lipinski definition) is 2. The summed E-state index contributed by atoms with van der Waals surface area (Å²) in [5.74, 6) is 1.65. The van der Waals surface area contributed by atoms with Crippen molar-refractivity contribution in [2.24, 2.45) is 10.9 Å². The largest absolute Gasteiger partial charge is 0.392 e. The molecule has 2 aromatic rings. The molecule has 0 amide bonds. The second kappa shape index (κ2) is 11.3. The van der Waals surface area contributed by atoms with Gasteiger partial charge in [-0.2, -0.15) is 0 Å². The first-order valence-electron chi connectivity index (χ1n) is 9.55. The molecular weight excluding hydrogens is 449 g/mol. The molecule has 1 aliphatic rings. The third-order valence-electron chi connectivity index (χ3n) is 4.98. The van der Waals surface area contributed by atoms with Crippen molar-refractivity contribution in [1.29, 1.82) is 0 Å². The molecule has 1 atom stereocenters. The van der Waals surface area contributed by atoms with E-state index in [1.807, 2.05) is 24.3 Å². The van der Waals surface area contributed by atoms with Crippen molar-refractivity contribution in [3.8, 4) is 0 Å². The molecule has 0 bridgehead atoms. The van der Waals surface area contributed by atoms with Crippen molar-refractivity contribution in [3.63, 3.8) is 0 Å². The van der Waals surface area contributed by atoms with E-state index in [-0.39, 0.29) is 30.6 Å². The molecule has 0 aromatic heterocycles. The van der Waals surface area contributed by atoms with Crippen LogP contribution < -0.4 is 5.32 Å².